The van der Waals surface area contributed by atoms with Crippen LogP contribution < -0.4 is 10.2 Å². The SMILES string of the molecule is CC1(C)CN(Cc2ccc(-c3cnoc3)cc2)CCC1(O)c1ccc2ncc(N3CCC(=O)NC3=O)cc2c1F. The van der Waals surface area contributed by atoms with Gasteiger partial charge in [-0.1, -0.05) is 49.3 Å². The molecular formula is C30H30FN5O4. The molecule has 2 fully saturated rings. The largest absolute Gasteiger partial charge is 0.384 e. The predicted octanol–water partition coefficient (Wildman–Crippen LogP) is 4.59. The van der Waals surface area contributed by atoms with Gasteiger partial charge in [0.25, 0.3) is 0 Å². The lowest BCUT2D eigenvalue weighted by molar-refractivity contribution is -0.128. The van der Waals surface area contributed by atoms with Gasteiger partial charge in [0.05, 0.1) is 29.2 Å². The maximum Gasteiger partial charge on any atom is 0.328 e. The van der Waals surface area contributed by atoms with Crippen LogP contribution >= 0.6 is 0 Å². The van der Waals surface area contributed by atoms with Crippen LogP contribution in [0.2, 0.25) is 0 Å². The first-order chi connectivity index (χ1) is 19.1. The molecule has 40 heavy (non-hydrogen) atoms. The minimum atomic E-state index is -1.41. The predicted molar refractivity (Wildman–Crippen MR) is 147 cm³/mol. The number of carbonyl (C=O) groups excluding carboxylic acids is 2. The van der Waals surface area contributed by atoms with Crippen LogP contribution in [0, 0.1) is 11.2 Å². The zero-order valence-corrected chi connectivity index (χ0v) is 22.4. The van der Waals surface area contributed by atoms with Gasteiger partial charge in [-0.2, -0.15) is 0 Å². The number of carbonyl (C=O) groups is 2. The molecule has 2 aliphatic rings. The van der Waals surface area contributed by atoms with Gasteiger partial charge in [-0.3, -0.25) is 24.9 Å². The van der Waals surface area contributed by atoms with Crippen molar-refractivity contribution in [1.82, 2.24) is 20.4 Å². The molecule has 6 rings (SSSR count). The topological polar surface area (TPSA) is 112 Å². The van der Waals surface area contributed by atoms with Crippen molar-refractivity contribution in [2.45, 2.75) is 38.8 Å². The Bertz CT molecular complexity index is 1590. The standard InChI is InChI=1S/C30H30FN5O4/c1-29(2)18-35(16-19-3-5-20(6-4-19)21-14-33-40-17-21)12-10-30(29,39)24-7-8-25-23(27(24)31)13-22(15-32-25)36-11-9-26(37)34-28(36)38/h3-8,13-15,17,39H,9-12,16,18H2,1-2H3,(H,34,37,38). The first-order valence-corrected chi connectivity index (χ1v) is 13.3. The van der Waals surface area contributed by atoms with E-state index in [0.717, 1.165) is 16.7 Å². The fourth-order valence-electron chi connectivity index (χ4n) is 5.90. The average Bonchev–Trinajstić information content (AvgIpc) is 3.47. The van der Waals surface area contributed by atoms with Crippen molar-refractivity contribution in [3.05, 3.63) is 78.1 Å². The molecule has 0 saturated carbocycles. The first-order valence-electron chi connectivity index (χ1n) is 13.3. The third kappa shape index (κ3) is 4.52. The molecule has 0 aliphatic carbocycles. The van der Waals surface area contributed by atoms with E-state index in [9.17, 15) is 14.7 Å². The Kier molecular flexibility index (Phi) is 6.39. The van der Waals surface area contributed by atoms with Gasteiger partial charge in [-0.05, 0) is 29.7 Å². The minimum Gasteiger partial charge on any atom is -0.384 e. The Labute approximate surface area is 230 Å². The Morgan fingerprint density at radius 1 is 1.07 bits per heavy atom. The van der Waals surface area contributed by atoms with Gasteiger partial charge < -0.3 is 9.63 Å². The van der Waals surface area contributed by atoms with E-state index in [4.69, 9.17) is 4.52 Å². The number of nitrogens with zero attached hydrogens (tertiary/aromatic N) is 4. The molecule has 10 heteroatoms. The number of hydrogen-bond acceptors (Lipinski definition) is 7. The van der Waals surface area contributed by atoms with Crippen molar-refractivity contribution in [3.8, 4) is 11.1 Å². The zero-order valence-electron chi connectivity index (χ0n) is 22.4. The monoisotopic (exact) mass is 543 g/mol. The summed E-state index contributed by atoms with van der Waals surface area (Å²) >= 11 is 0. The third-order valence-electron chi connectivity index (χ3n) is 8.25. The number of imide groups is 1. The van der Waals surface area contributed by atoms with E-state index in [0.29, 0.717) is 37.3 Å². The summed E-state index contributed by atoms with van der Waals surface area (Å²) in [4.78, 5) is 31.9. The van der Waals surface area contributed by atoms with Crippen LogP contribution in [-0.4, -0.2) is 51.7 Å². The Morgan fingerprint density at radius 2 is 1.88 bits per heavy atom. The van der Waals surface area contributed by atoms with E-state index in [1.807, 2.05) is 26.0 Å². The van der Waals surface area contributed by atoms with E-state index in [1.165, 1.54) is 11.1 Å². The quantitative estimate of drug-likeness (QED) is 0.379. The molecule has 2 N–H and O–H groups in total. The number of aliphatic hydroxyl groups is 1. The molecule has 4 heterocycles. The van der Waals surface area contributed by atoms with E-state index in [2.05, 4.69) is 32.5 Å². The number of hydrogen-bond donors (Lipinski definition) is 2. The number of amides is 3. The number of anilines is 1. The smallest absolute Gasteiger partial charge is 0.328 e. The van der Waals surface area contributed by atoms with E-state index in [-0.39, 0.29) is 29.8 Å². The first kappa shape index (κ1) is 26.1. The zero-order chi connectivity index (χ0) is 28.1. The summed E-state index contributed by atoms with van der Waals surface area (Å²) in [5.74, 6) is -0.892. The van der Waals surface area contributed by atoms with Crippen LogP contribution in [0.15, 0.2) is 65.6 Å². The second-order valence-electron chi connectivity index (χ2n) is 11.3. The van der Waals surface area contributed by atoms with E-state index >= 15 is 4.39 Å². The molecule has 0 spiro atoms. The number of likely N-dealkylation sites (tertiary alicyclic amines) is 1. The van der Waals surface area contributed by atoms with Crippen LogP contribution in [0.4, 0.5) is 14.9 Å². The summed E-state index contributed by atoms with van der Waals surface area (Å²) < 4.78 is 21.1. The summed E-state index contributed by atoms with van der Waals surface area (Å²) in [6, 6.07) is 12.5. The minimum absolute atomic E-state index is 0.156. The molecule has 1 unspecified atom stereocenters. The van der Waals surface area contributed by atoms with Gasteiger partial charge in [0.15, 0.2) is 0 Å². The number of nitrogens with one attached hydrogen (secondary N) is 1. The molecule has 2 saturated heterocycles. The Hall–Kier alpha value is -4.15. The number of pyridine rings is 1. The summed E-state index contributed by atoms with van der Waals surface area (Å²) in [6.07, 6.45) is 5.29. The number of piperidine rings is 1. The highest BCUT2D eigenvalue weighted by molar-refractivity contribution is 6.06. The summed E-state index contributed by atoms with van der Waals surface area (Å²) in [7, 11) is 0. The van der Waals surface area contributed by atoms with E-state index < -0.39 is 22.9 Å². The highest BCUT2D eigenvalue weighted by Crippen LogP contribution is 2.48. The second-order valence-corrected chi connectivity index (χ2v) is 11.3. The number of rotatable bonds is 5. The number of fused-ring (bicyclic) bond motifs is 1. The van der Waals surface area contributed by atoms with Gasteiger partial charge in [0, 0.05) is 54.5 Å². The molecule has 9 nitrogen and oxygen atoms in total. The van der Waals surface area contributed by atoms with Gasteiger partial charge in [0.1, 0.15) is 12.1 Å². The highest BCUT2D eigenvalue weighted by Gasteiger charge is 2.50. The average molecular weight is 544 g/mol. The summed E-state index contributed by atoms with van der Waals surface area (Å²) in [5, 5.41) is 18.3. The number of benzene rings is 2. The van der Waals surface area contributed by atoms with Crippen molar-refractivity contribution in [3.63, 3.8) is 0 Å². The fourth-order valence-corrected chi connectivity index (χ4v) is 5.90. The van der Waals surface area contributed by atoms with Crippen LogP contribution in [0.25, 0.3) is 22.0 Å². The lowest BCUT2D eigenvalue weighted by atomic mass is 9.66. The highest BCUT2D eigenvalue weighted by atomic mass is 19.1. The molecule has 1 atom stereocenters. The third-order valence-corrected chi connectivity index (χ3v) is 8.25. The lowest BCUT2D eigenvalue weighted by Crippen LogP contribution is -2.55. The van der Waals surface area contributed by atoms with Crippen LogP contribution in [-0.2, 0) is 16.9 Å². The molecule has 2 aliphatic heterocycles. The lowest BCUT2D eigenvalue weighted by Gasteiger charge is -2.50. The number of urea groups is 1. The molecule has 2 aromatic heterocycles. The van der Waals surface area contributed by atoms with Crippen LogP contribution in [0.3, 0.4) is 0 Å². The number of halogens is 1. The Morgan fingerprint density at radius 3 is 2.58 bits per heavy atom. The van der Waals surface area contributed by atoms with Gasteiger partial charge in [0.2, 0.25) is 5.91 Å². The summed E-state index contributed by atoms with van der Waals surface area (Å²) in [6.45, 7) is 5.97. The van der Waals surface area contributed by atoms with Gasteiger partial charge in [-0.25, -0.2) is 9.18 Å². The fraction of sp³-hybridized carbons (Fsp3) is 0.333. The van der Waals surface area contributed by atoms with Crippen LogP contribution in [0.5, 0.6) is 0 Å². The normalized spacial score (nSPS) is 21.6. The van der Waals surface area contributed by atoms with Crippen molar-refractivity contribution < 1.29 is 23.6 Å². The molecule has 206 valence electrons. The maximum atomic E-state index is 16.1. The van der Waals surface area contributed by atoms with E-state index in [1.54, 1.807) is 30.7 Å². The maximum absolute atomic E-state index is 16.1. The molecule has 3 amide bonds. The number of aromatic nitrogens is 2. The van der Waals surface area contributed by atoms with Crippen molar-refractivity contribution >= 4 is 28.5 Å². The van der Waals surface area contributed by atoms with Crippen molar-refractivity contribution in [2.75, 3.05) is 24.5 Å². The molecule has 4 aromatic rings. The van der Waals surface area contributed by atoms with Crippen molar-refractivity contribution in [1.29, 1.82) is 0 Å². The van der Waals surface area contributed by atoms with Crippen LogP contribution in [0.1, 0.15) is 37.8 Å². The molecule has 0 radical (unpaired) electrons. The summed E-state index contributed by atoms with van der Waals surface area (Å²) in [5.41, 5.74) is 2.05. The van der Waals surface area contributed by atoms with Gasteiger partial charge >= 0.3 is 6.03 Å². The van der Waals surface area contributed by atoms with Crippen molar-refractivity contribution in [2.24, 2.45) is 5.41 Å². The molecule has 0 bridgehead atoms. The molecule has 2 aromatic carbocycles. The Balaban J connectivity index is 1.24. The van der Waals surface area contributed by atoms with Gasteiger partial charge in [-0.15, -0.1) is 0 Å². The second kappa shape index (κ2) is 9.79. The molecular weight excluding hydrogens is 513 g/mol.